The highest BCUT2D eigenvalue weighted by atomic mass is 32.2. The molecule has 0 N–H and O–H groups in total. The van der Waals surface area contributed by atoms with Crippen LogP contribution in [0, 0.1) is 11.7 Å². The third kappa shape index (κ3) is 3.53. The fourth-order valence-corrected chi connectivity index (χ4v) is 5.33. The van der Waals surface area contributed by atoms with Crippen molar-refractivity contribution in [3.8, 4) is 0 Å². The molecule has 130 valence electrons. The first-order chi connectivity index (χ1) is 11.5. The average Bonchev–Trinajstić information content (AvgIpc) is 2.74. The zero-order valence-corrected chi connectivity index (χ0v) is 14.3. The maximum Gasteiger partial charge on any atom is 0.226 e. The first-order valence-electron chi connectivity index (χ1n) is 8.39. The number of carbonyl (C=O) groups excluding carboxylic acids is 1. The predicted molar refractivity (Wildman–Crippen MR) is 90.6 cm³/mol. The Kier molecular flexibility index (Phi) is 5.04. The molecule has 1 aromatic carbocycles. The second kappa shape index (κ2) is 7.05. The van der Waals surface area contributed by atoms with Gasteiger partial charge in [-0.1, -0.05) is 30.4 Å². The number of rotatable bonds is 2. The average molecular weight is 351 g/mol. The highest BCUT2D eigenvalue weighted by Crippen LogP contribution is 2.32. The number of halogens is 1. The first kappa shape index (κ1) is 17.1. The summed E-state index contributed by atoms with van der Waals surface area (Å²) >= 11 is 0. The molecule has 0 bridgehead atoms. The lowest BCUT2D eigenvalue weighted by molar-refractivity contribution is -0.135. The normalized spacial score (nSPS) is 26.8. The summed E-state index contributed by atoms with van der Waals surface area (Å²) in [6.45, 7) is 0.559. The summed E-state index contributed by atoms with van der Waals surface area (Å²) in [4.78, 5) is 14.3. The monoisotopic (exact) mass is 351 g/mol. The van der Waals surface area contributed by atoms with E-state index in [1.165, 1.54) is 12.1 Å². The Labute approximate surface area is 142 Å². The number of hydrogen-bond acceptors (Lipinski definition) is 3. The highest BCUT2D eigenvalue weighted by molar-refractivity contribution is 7.91. The summed E-state index contributed by atoms with van der Waals surface area (Å²) in [5.41, 5.74) is 0.215. The lowest BCUT2D eigenvalue weighted by Crippen LogP contribution is -2.38. The topological polar surface area (TPSA) is 54.5 Å². The third-order valence-electron chi connectivity index (χ3n) is 4.92. The van der Waals surface area contributed by atoms with Crippen LogP contribution in [0.4, 0.5) is 4.39 Å². The van der Waals surface area contributed by atoms with E-state index in [4.69, 9.17) is 0 Å². The van der Waals surface area contributed by atoms with Gasteiger partial charge in [-0.2, -0.15) is 0 Å². The van der Waals surface area contributed by atoms with Gasteiger partial charge in [-0.25, -0.2) is 12.8 Å². The summed E-state index contributed by atoms with van der Waals surface area (Å²) < 4.78 is 39.2. The number of sulfone groups is 1. The van der Waals surface area contributed by atoms with E-state index < -0.39 is 20.9 Å². The van der Waals surface area contributed by atoms with E-state index in [2.05, 4.69) is 6.08 Å². The largest absolute Gasteiger partial charge is 0.341 e. The molecule has 1 heterocycles. The second-order valence-electron chi connectivity index (χ2n) is 6.47. The second-order valence-corrected chi connectivity index (χ2v) is 8.78. The highest BCUT2D eigenvalue weighted by Gasteiger charge is 2.35. The van der Waals surface area contributed by atoms with Crippen LogP contribution in [-0.4, -0.2) is 38.1 Å². The van der Waals surface area contributed by atoms with Gasteiger partial charge in [0, 0.05) is 24.6 Å². The van der Waals surface area contributed by atoms with Crippen molar-refractivity contribution in [1.29, 1.82) is 0 Å². The zero-order valence-electron chi connectivity index (χ0n) is 13.5. The van der Waals surface area contributed by atoms with Crippen LogP contribution in [0.5, 0.6) is 0 Å². The first-order valence-corrected chi connectivity index (χ1v) is 10.1. The molecule has 1 aliphatic carbocycles. The molecule has 0 radical (unpaired) electrons. The van der Waals surface area contributed by atoms with Crippen LogP contribution in [0.1, 0.15) is 36.5 Å². The molecule has 1 aliphatic heterocycles. The van der Waals surface area contributed by atoms with Crippen molar-refractivity contribution in [3.05, 3.63) is 47.8 Å². The molecule has 0 saturated carbocycles. The number of nitrogens with zero attached hydrogens (tertiary/aromatic N) is 1. The molecule has 1 fully saturated rings. The molecule has 0 unspecified atom stereocenters. The summed E-state index contributed by atoms with van der Waals surface area (Å²) in [6, 6.07) is 6.01. The molecule has 4 nitrogen and oxygen atoms in total. The minimum atomic E-state index is -3.48. The van der Waals surface area contributed by atoms with Gasteiger partial charge in [0.25, 0.3) is 0 Å². The minimum absolute atomic E-state index is 0.0312. The Morgan fingerprint density at radius 3 is 2.62 bits per heavy atom. The van der Waals surface area contributed by atoms with Crippen molar-refractivity contribution in [3.63, 3.8) is 0 Å². The van der Waals surface area contributed by atoms with Gasteiger partial charge in [-0.05, 0) is 31.7 Å². The van der Waals surface area contributed by atoms with Crippen molar-refractivity contribution < 1.29 is 17.6 Å². The fraction of sp³-hybridized carbons (Fsp3) is 0.500. The SMILES string of the molecule is O=C([C@@H]1CC=CCC1)N1CC[C@H](c2ccccc2F)S(=O)(=O)CC1. The van der Waals surface area contributed by atoms with E-state index in [0.29, 0.717) is 6.54 Å². The van der Waals surface area contributed by atoms with E-state index in [0.717, 1.165) is 19.3 Å². The predicted octanol–water partition coefficient (Wildman–Crippen LogP) is 2.87. The molecule has 6 heteroatoms. The summed E-state index contributed by atoms with van der Waals surface area (Å²) in [6.07, 6.45) is 6.76. The van der Waals surface area contributed by atoms with Gasteiger partial charge in [0.2, 0.25) is 5.91 Å². The number of allylic oxidation sites excluding steroid dienone is 2. The van der Waals surface area contributed by atoms with Crippen molar-refractivity contribution in [2.75, 3.05) is 18.8 Å². The Balaban J connectivity index is 1.78. The Bertz CT molecular complexity index is 744. The van der Waals surface area contributed by atoms with Gasteiger partial charge in [-0.3, -0.25) is 4.79 Å². The van der Waals surface area contributed by atoms with Gasteiger partial charge in [0.05, 0.1) is 11.0 Å². The third-order valence-corrected chi connectivity index (χ3v) is 7.03. The number of benzene rings is 1. The van der Waals surface area contributed by atoms with Crippen molar-refractivity contribution in [2.45, 2.75) is 30.9 Å². The van der Waals surface area contributed by atoms with Crippen LogP contribution < -0.4 is 0 Å². The van der Waals surface area contributed by atoms with Gasteiger partial charge in [-0.15, -0.1) is 0 Å². The Morgan fingerprint density at radius 2 is 1.92 bits per heavy atom. The van der Waals surface area contributed by atoms with Crippen LogP contribution in [-0.2, 0) is 14.6 Å². The van der Waals surface area contributed by atoms with Gasteiger partial charge in [0.1, 0.15) is 5.82 Å². The van der Waals surface area contributed by atoms with E-state index in [9.17, 15) is 17.6 Å². The van der Waals surface area contributed by atoms with Crippen LogP contribution >= 0.6 is 0 Å². The standard InChI is InChI=1S/C18H22FNO3S/c19-16-9-5-4-8-15(16)17-10-11-20(12-13-24(17,22)23)18(21)14-6-2-1-3-7-14/h1-2,4-5,8-9,14,17H,3,6-7,10-13H2/t14-,17-/m1/s1. The van der Waals surface area contributed by atoms with Crippen molar-refractivity contribution >= 4 is 15.7 Å². The van der Waals surface area contributed by atoms with Crippen LogP contribution in [0.3, 0.4) is 0 Å². The molecule has 0 aromatic heterocycles. The molecule has 2 atom stereocenters. The molecule has 3 rings (SSSR count). The molecule has 24 heavy (non-hydrogen) atoms. The lowest BCUT2D eigenvalue weighted by Gasteiger charge is -2.26. The van der Waals surface area contributed by atoms with Gasteiger partial charge < -0.3 is 4.90 Å². The Morgan fingerprint density at radius 1 is 1.12 bits per heavy atom. The van der Waals surface area contributed by atoms with Gasteiger partial charge >= 0.3 is 0 Å². The van der Waals surface area contributed by atoms with Crippen molar-refractivity contribution in [1.82, 2.24) is 4.90 Å². The van der Waals surface area contributed by atoms with Crippen LogP contribution in [0.25, 0.3) is 0 Å². The number of carbonyl (C=O) groups is 1. The summed E-state index contributed by atoms with van der Waals surface area (Å²) in [5, 5.41) is -0.872. The maximum absolute atomic E-state index is 14.0. The number of hydrogen-bond donors (Lipinski definition) is 0. The van der Waals surface area contributed by atoms with E-state index in [1.54, 1.807) is 17.0 Å². The zero-order chi connectivity index (χ0) is 17.2. The smallest absolute Gasteiger partial charge is 0.226 e. The molecule has 1 amide bonds. The summed E-state index contributed by atoms with van der Waals surface area (Å²) in [7, 11) is -3.48. The number of amides is 1. The van der Waals surface area contributed by atoms with E-state index in [1.807, 2.05) is 6.08 Å². The van der Waals surface area contributed by atoms with Crippen LogP contribution in [0.2, 0.25) is 0 Å². The minimum Gasteiger partial charge on any atom is -0.341 e. The fourth-order valence-electron chi connectivity index (χ4n) is 3.53. The lowest BCUT2D eigenvalue weighted by atomic mass is 9.93. The van der Waals surface area contributed by atoms with E-state index >= 15 is 0 Å². The summed E-state index contributed by atoms with van der Waals surface area (Å²) in [5.74, 6) is -0.630. The van der Waals surface area contributed by atoms with Crippen molar-refractivity contribution in [2.24, 2.45) is 5.92 Å². The molecule has 0 spiro atoms. The molecule has 1 aromatic rings. The molecular weight excluding hydrogens is 329 g/mol. The Hall–Kier alpha value is -1.69. The quantitative estimate of drug-likeness (QED) is 0.770. The molecular formula is C18H22FNO3S. The van der Waals surface area contributed by atoms with E-state index in [-0.39, 0.29) is 36.1 Å². The maximum atomic E-state index is 14.0. The molecule has 2 aliphatic rings. The van der Waals surface area contributed by atoms with Crippen LogP contribution in [0.15, 0.2) is 36.4 Å². The molecule has 1 saturated heterocycles. The van der Waals surface area contributed by atoms with Gasteiger partial charge in [0.15, 0.2) is 9.84 Å².